The first-order valence-electron chi connectivity index (χ1n) is 42.6. The van der Waals surface area contributed by atoms with Crippen LogP contribution in [-0.2, 0) is 65.4 Å². The number of unbranched alkanes of at least 4 members (excludes halogenated alkanes) is 49. The monoisotopic (exact) mass is 1480 g/mol. The fraction of sp³-hybridized carbons (Fsp3) is 0.951. The van der Waals surface area contributed by atoms with Crippen molar-refractivity contribution in [2.75, 3.05) is 39.6 Å². The molecule has 0 saturated heterocycles. The second-order valence-corrected chi connectivity index (χ2v) is 32.9. The van der Waals surface area contributed by atoms with Gasteiger partial charge in [0.1, 0.15) is 19.3 Å². The van der Waals surface area contributed by atoms with Gasteiger partial charge in [-0.15, -0.1) is 0 Å². The van der Waals surface area contributed by atoms with Crippen LogP contribution in [0.5, 0.6) is 0 Å². The van der Waals surface area contributed by atoms with Gasteiger partial charge in [-0.05, 0) is 37.5 Å². The number of phosphoric ester groups is 2. The Morgan fingerprint density at radius 3 is 0.703 bits per heavy atom. The predicted molar refractivity (Wildman–Crippen MR) is 414 cm³/mol. The van der Waals surface area contributed by atoms with Gasteiger partial charge in [0.2, 0.25) is 0 Å². The highest BCUT2D eigenvalue weighted by atomic mass is 31.2. The number of phosphoric acid groups is 2. The van der Waals surface area contributed by atoms with Gasteiger partial charge in [-0.3, -0.25) is 37.3 Å². The summed E-state index contributed by atoms with van der Waals surface area (Å²) in [7, 11) is -9.92. The summed E-state index contributed by atoms with van der Waals surface area (Å²) in [5.41, 5.74) is 0. The quantitative estimate of drug-likeness (QED) is 0.0222. The van der Waals surface area contributed by atoms with Crippen molar-refractivity contribution in [2.45, 2.75) is 452 Å². The first kappa shape index (κ1) is 99.1. The van der Waals surface area contributed by atoms with E-state index in [0.29, 0.717) is 25.7 Å². The van der Waals surface area contributed by atoms with Crippen LogP contribution in [-0.4, -0.2) is 96.7 Å². The molecule has 3 N–H and O–H groups in total. The number of esters is 4. The normalized spacial score (nSPS) is 14.4. The minimum absolute atomic E-state index is 0.107. The zero-order valence-corrected chi connectivity index (χ0v) is 68.0. The van der Waals surface area contributed by atoms with E-state index in [9.17, 15) is 43.2 Å². The van der Waals surface area contributed by atoms with E-state index in [4.69, 9.17) is 37.0 Å². The Morgan fingerprint density at radius 1 is 0.277 bits per heavy atom. The van der Waals surface area contributed by atoms with Crippen molar-refractivity contribution in [3.63, 3.8) is 0 Å². The van der Waals surface area contributed by atoms with Gasteiger partial charge in [-0.1, -0.05) is 382 Å². The lowest BCUT2D eigenvalue weighted by Gasteiger charge is -2.21. The molecule has 0 amide bonds. The zero-order chi connectivity index (χ0) is 74.2. The zero-order valence-electron chi connectivity index (χ0n) is 66.2. The number of hydrogen-bond acceptors (Lipinski definition) is 15. The van der Waals surface area contributed by atoms with Crippen LogP contribution in [0.3, 0.4) is 0 Å². The molecule has 0 saturated carbocycles. The van der Waals surface area contributed by atoms with Crippen molar-refractivity contribution in [1.82, 2.24) is 0 Å². The largest absolute Gasteiger partial charge is 0.472 e. The van der Waals surface area contributed by atoms with Gasteiger partial charge in [0.05, 0.1) is 26.4 Å². The topological polar surface area (TPSA) is 237 Å². The molecule has 0 aliphatic heterocycles. The fourth-order valence-electron chi connectivity index (χ4n) is 12.6. The summed E-state index contributed by atoms with van der Waals surface area (Å²) in [6.45, 7) is 9.67. The van der Waals surface area contributed by atoms with Crippen molar-refractivity contribution in [3.05, 3.63) is 0 Å². The summed E-state index contributed by atoms with van der Waals surface area (Å²) >= 11 is 0. The SMILES string of the molecule is CCCCCCCCCCCCCCCCCCC(=O)OC[C@H](COP(=O)(O)OC[C@@H](O)COP(=O)(O)OC[C@@H](COC(=O)CCCCCCCCC(C)CC)OC(=O)CCCCCCCCCCCCCCC)OC(=O)CCCCCCCCCCCCCCCCCCCCC(C)CC. The highest BCUT2D eigenvalue weighted by Gasteiger charge is 2.30. The van der Waals surface area contributed by atoms with Crippen molar-refractivity contribution < 1.29 is 80.2 Å². The molecule has 4 unspecified atom stereocenters. The van der Waals surface area contributed by atoms with Gasteiger partial charge in [-0.2, -0.15) is 0 Å². The Hall–Kier alpha value is -1.94. The van der Waals surface area contributed by atoms with E-state index in [1.807, 2.05) is 0 Å². The van der Waals surface area contributed by atoms with E-state index in [-0.39, 0.29) is 25.7 Å². The maximum Gasteiger partial charge on any atom is 0.472 e. The summed E-state index contributed by atoms with van der Waals surface area (Å²) in [5.74, 6) is -0.505. The maximum absolute atomic E-state index is 13.1. The number of carbonyl (C=O) groups excluding carboxylic acids is 4. The Morgan fingerprint density at radius 2 is 0.475 bits per heavy atom. The van der Waals surface area contributed by atoms with Crippen LogP contribution in [0.2, 0.25) is 0 Å². The number of hydrogen-bond donors (Lipinski definition) is 3. The average molecular weight is 1480 g/mol. The lowest BCUT2D eigenvalue weighted by Crippen LogP contribution is -2.30. The first-order chi connectivity index (χ1) is 48.9. The third-order valence-electron chi connectivity index (χ3n) is 19.9. The second-order valence-electron chi connectivity index (χ2n) is 30.0. The molecule has 0 aliphatic rings. The van der Waals surface area contributed by atoms with Crippen LogP contribution in [0.4, 0.5) is 0 Å². The molecule has 0 fully saturated rings. The van der Waals surface area contributed by atoms with Gasteiger partial charge < -0.3 is 33.8 Å². The molecular formula is C82H160O17P2. The van der Waals surface area contributed by atoms with Crippen LogP contribution in [0.1, 0.15) is 433 Å². The smallest absolute Gasteiger partial charge is 0.462 e. The number of carbonyl (C=O) groups is 4. The molecule has 0 aliphatic carbocycles. The third-order valence-corrected chi connectivity index (χ3v) is 21.8. The molecule has 0 rings (SSSR count). The van der Waals surface area contributed by atoms with Crippen molar-refractivity contribution >= 4 is 39.5 Å². The van der Waals surface area contributed by atoms with E-state index >= 15 is 0 Å². The highest BCUT2D eigenvalue weighted by Crippen LogP contribution is 2.45. The number of aliphatic hydroxyl groups is 1. The third kappa shape index (κ3) is 73.4. The Kier molecular flexibility index (Phi) is 72.2. The van der Waals surface area contributed by atoms with Gasteiger partial charge in [-0.25, -0.2) is 9.13 Å². The minimum atomic E-state index is -4.96. The molecule has 17 nitrogen and oxygen atoms in total. The summed E-state index contributed by atoms with van der Waals surface area (Å²) in [4.78, 5) is 73.0. The van der Waals surface area contributed by atoms with Crippen LogP contribution < -0.4 is 0 Å². The molecule has 0 aromatic heterocycles. The van der Waals surface area contributed by atoms with Crippen molar-refractivity contribution in [1.29, 1.82) is 0 Å². The van der Waals surface area contributed by atoms with Gasteiger partial charge >= 0.3 is 39.5 Å². The van der Waals surface area contributed by atoms with Crippen LogP contribution >= 0.6 is 15.6 Å². The molecular weight excluding hydrogens is 1320 g/mol. The Bertz CT molecular complexity index is 1950. The molecule has 0 aromatic rings. The summed E-state index contributed by atoms with van der Waals surface area (Å²) in [6.07, 6.45) is 63.8. The van der Waals surface area contributed by atoms with E-state index in [0.717, 1.165) is 108 Å². The standard InChI is InChI=1S/C82H160O17P2/c1-7-11-13-15-17-19-21-23-24-30-34-37-41-45-52-58-64-79(84)92-70-77(98-81(86)67-61-55-47-43-39-35-31-28-26-25-27-29-33-36-40-44-50-56-62-74(5)9-3)72-96-100(88,89)94-68-76(83)69-95-101(90,91)97-73-78(71-93-80(85)65-59-53-49-48-51-57-63-75(6)10-4)99-82(87)66-60-54-46-42-38-32-22-20-18-16-14-12-8-2/h74-78,83H,7-73H2,1-6H3,(H,88,89)(H,90,91)/t74?,75?,76-,77-,78-/m1/s1. The van der Waals surface area contributed by atoms with Crippen LogP contribution in [0.25, 0.3) is 0 Å². The molecule has 0 bridgehead atoms. The molecule has 19 heteroatoms. The van der Waals surface area contributed by atoms with Crippen LogP contribution in [0.15, 0.2) is 0 Å². The molecule has 0 heterocycles. The minimum Gasteiger partial charge on any atom is -0.462 e. The van der Waals surface area contributed by atoms with Gasteiger partial charge in [0.15, 0.2) is 12.2 Å². The van der Waals surface area contributed by atoms with E-state index < -0.39 is 97.5 Å². The number of rotatable bonds is 81. The molecule has 101 heavy (non-hydrogen) atoms. The molecule has 0 radical (unpaired) electrons. The average Bonchev–Trinajstić information content (AvgIpc) is 0.988. The predicted octanol–water partition coefficient (Wildman–Crippen LogP) is 24.7. The summed E-state index contributed by atoms with van der Waals surface area (Å²) in [6, 6.07) is 0. The fourth-order valence-corrected chi connectivity index (χ4v) is 14.2. The number of aliphatic hydroxyl groups excluding tert-OH is 1. The van der Waals surface area contributed by atoms with Crippen molar-refractivity contribution in [3.8, 4) is 0 Å². The Labute approximate surface area is 619 Å². The first-order valence-corrected chi connectivity index (χ1v) is 45.6. The van der Waals surface area contributed by atoms with E-state index in [1.54, 1.807) is 0 Å². The Balaban J connectivity index is 5.21. The van der Waals surface area contributed by atoms with Gasteiger partial charge in [0, 0.05) is 25.7 Å². The number of ether oxygens (including phenoxy) is 4. The van der Waals surface area contributed by atoms with E-state index in [2.05, 4.69) is 41.5 Å². The molecule has 0 spiro atoms. The van der Waals surface area contributed by atoms with Crippen molar-refractivity contribution in [2.24, 2.45) is 11.8 Å². The molecule has 7 atom stereocenters. The maximum atomic E-state index is 13.1. The lowest BCUT2D eigenvalue weighted by atomic mass is 9.99. The molecule has 600 valence electrons. The molecule has 0 aromatic carbocycles. The van der Waals surface area contributed by atoms with Gasteiger partial charge in [0.25, 0.3) is 0 Å². The second kappa shape index (κ2) is 73.6. The summed E-state index contributed by atoms with van der Waals surface area (Å²) < 4.78 is 68.7. The van der Waals surface area contributed by atoms with E-state index in [1.165, 1.54) is 244 Å². The lowest BCUT2D eigenvalue weighted by molar-refractivity contribution is -0.161. The summed E-state index contributed by atoms with van der Waals surface area (Å²) in [5, 5.41) is 10.6. The van der Waals surface area contributed by atoms with Crippen LogP contribution in [0, 0.1) is 11.8 Å². The highest BCUT2D eigenvalue weighted by molar-refractivity contribution is 7.47.